The van der Waals surface area contributed by atoms with Crippen LogP contribution >= 0.6 is 0 Å². The topological polar surface area (TPSA) is 44.5 Å². The summed E-state index contributed by atoms with van der Waals surface area (Å²) < 4.78 is 12.3. The number of hydrogen-bond acceptors (Lipinski definition) is 3. The van der Waals surface area contributed by atoms with Crippen molar-refractivity contribution in [2.24, 2.45) is 0 Å². The molecular formula is C17H25NO2. The molecule has 1 aromatic carbocycles. The summed E-state index contributed by atoms with van der Waals surface area (Å²) in [5, 5.41) is 0. The van der Waals surface area contributed by atoms with Crippen molar-refractivity contribution in [3.8, 4) is 5.75 Å². The molecule has 2 N–H and O–H groups in total. The maximum atomic E-state index is 6.33. The van der Waals surface area contributed by atoms with Gasteiger partial charge in [0.05, 0.1) is 11.7 Å². The molecule has 1 atom stereocenters. The van der Waals surface area contributed by atoms with Crippen LogP contribution < -0.4 is 10.5 Å². The second-order valence-corrected chi connectivity index (χ2v) is 6.36. The summed E-state index contributed by atoms with van der Waals surface area (Å²) in [4.78, 5) is 0. The van der Waals surface area contributed by atoms with Gasteiger partial charge in [0, 0.05) is 5.69 Å². The Kier molecular flexibility index (Phi) is 3.88. The summed E-state index contributed by atoms with van der Waals surface area (Å²) >= 11 is 0. The zero-order valence-corrected chi connectivity index (χ0v) is 12.4. The average molecular weight is 275 g/mol. The lowest BCUT2D eigenvalue weighted by molar-refractivity contribution is -0.0749. The summed E-state index contributed by atoms with van der Waals surface area (Å²) in [5.74, 6) is 0.924. The average Bonchev–Trinajstić information content (AvgIpc) is 2.82. The molecule has 2 aliphatic rings. The van der Waals surface area contributed by atoms with Crippen molar-refractivity contribution in [1.29, 1.82) is 0 Å². The number of nitrogens with two attached hydrogens (primary N) is 1. The zero-order valence-electron chi connectivity index (χ0n) is 12.4. The van der Waals surface area contributed by atoms with E-state index in [4.69, 9.17) is 15.2 Å². The van der Waals surface area contributed by atoms with Gasteiger partial charge in [0.25, 0.3) is 0 Å². The standard InChI is InChI=1S/C17H25NO2/c1-13-11-14(18)5-6-16(13)19-12-15-7-10-17(20-15)8-3-2-4-9-17/h5-6,11,15H,2-4,7-10,12,18H2,1H3. The van der Waals surface area contributed by atoms with Crippen LogP contribution in [0.4, 0.5) is 5.69 Å². The van der Waals surface area contributed by atoms with Gasteiger partial charge >= 0.3 is 0 Å². The third kappa shape index (κ3) is 2.93. The van der Waals surface area contributed by atoms with Gasteiger partial charge in [-0.3, -0.25) is 0 Å². The Bertz CT molecular complexity index is 466. The highest BCUT2D eigenvalue weighted by molar-refractivity contribution is 5.47. The van der Waals surface area contributed by atoms with Crippen LogP contribution in [0, 0.1) is 6.92 Å². The Labute approximate surface area is 121 Å². The molecule has 3 rings (SSSR count). The smallest absolute Gasteiger partial charge is 0.122 e. The van der Waals surface area contributed by atoms with Gasteiger partial charge in [-0.15, -0.1) is 0 Å². The normalized spacial score (nSPS) is 24.9. The molecular weight excluding hydrogens is 250 g/mol. The van der Waals surface area contributed by atoms with Crippen LogP contribution in [0.3, 0.4) is 0 Å². The van der Waals surface area contributed by atoms with Gasteiger partial charge in [0.2, 0.25) is 0 Å². The summed E-state index contributed by atoms with van der Waals surface area (Å²) in [6, 6.07) is 5.80. The van der Waals surface area contributed by atoms with Gasteiger partial charge < -0.3 is 15.2 Å². The lowest BCUT2D eigenvalue weighted by atomic mass is 9.83. The number of benzene rings is 1. The van der Waals surface area contributed by atoms with E-state index in [1.165, 1.54) is 38.5 Å². The number of anilines is 1. The third-order valence-electron chi connectivity index (χ3n) is 4.73. The summed E-state index contributed by atoms with van der Waals surface area (Å²) in [6.07, 6.45) is 9.10. The first-order valence-corrected chi connectivity index (χ1v) is 7.84. The predicted octanol–water partition coefficient (Wildman–Crippen LogP) is 3.84. The van der Waals surface area contributed by atoms with Crippen molar-refractivity contribution in [1.82, 2.24) is 0 Å². The van der Waals surface area contributed by atoms with E-state index in [9.17, 15) is 0 Å². The van der Waals surface area contributed by atoms with Crippen LogP contribution in [0.1, 0.15) is 50.5 Å². The van der Waals surface area contributed by atoms with Gasteiger partial charge in [-0.1, -0.05) is 19.3 Å². The summed E-state index contributed by atoms with van der Waals surface area (Å²) in [6.45, 7) is 2.69. The number of hydrogen-bond donors (Lipinski definition) is 1. The fourth-order valence-electron chi connectivity index (χ4n) is 3.59. The Morgan fingerprint density at radius 1 is 1.25 bits per heavy atom. The van der Waals surface area contributed by atoms with Crippen LogP contribution in [-0.4, -0.2) is 18.3 Å². The van der Waals surface area contributed by atoms with Gasteiger partial charge in [0.1, 0.15) is 12.4 Å². The molecule has 1 saturated heterocycles. The second-order valence-electron chi connectivity index (χ2n) is 6.36. The SMILES string of the molecule is Cc1cc(N)ccc1OCC1CCC2(CCCCC2)O1. The van der Waals surface area contributed by atoms with E-state index < -0.39 is 0 Å². The van der Waals surface area contributed by atoms with E-state index in [-0.39, 0.29) is 11.7 Å². The molecule has 3 nitrogen and oxygen atoms in total. The fraction of sp³-hybridized carbons (Fsp3) is 0.647. The number of ether oxygens (including phenoxy) is 2. The predicted molar refractivity (Wildman–Crippen MR) is 81.0 cm³/mol. The minimum absolute atomic E-state index is 0.183. The molecule has 1 spiro atoms. The van der Waals surface area contributed by atoms with Crippen molar-refractivity contribution in [2.75, 3.05) is 12.3 Å². The summed E-state index contributed by atoms with van der Waals surface area (Å²) in [5.41, 5.74) is 7.82. The van der Waals surface area contributed by atoms with E-state index in [1.54, 1.807) is 0 Å². The zero-order chi connectivity index (χ0) is 14.0. The van der Waals surface area contributed by atoms with Crippen LogP contribution in [0.2, 0.25) is 0 Å². The van der Waals surface area contributed by atoms with Crippen LogP contribution in [0.15, 0.2) is 18.2 Å². The first kappa shape index (κ1) is 13.7. The first-order chi connectivity index (χ1) is 9.67. The lowest BCUT2D eigenvalue weighted by Crippen LogP contribution is -2.32. The molecule has 1 saturated carbocycles. The Balaban J connectivity index is 1.54. The van der Waals surface area contributed by atoms with Crippen molar-refractivity contribution < 1.29 is 9.47 Å². The molecule has 1 aromatic rings. The molecule has 0 bridgehead atoms. The van der Waals surface area contributed by atoms with Gasteiger partial charge in [-0.05, 0) is 56.4 Å². The van der Waals surface area contributed by atoms with E-state index in [1.807, 2.05) is 25.1 Å². The first-order valence-electron chi connectivity index (χ1n) is 7.84. The Morgan fingerprint density at radius 3 is 2.80 bits per heavy atom. The van der Waals surface area contributed by atoms with E-state index in [2.05, 4.69) is 0 Å². The van der Waals surface area contributed by atoms with Gasteiger partial charge in [-0.25, -0.2) is 0 Å². The van der Waals surface area contributed by atoms with Crippen LogP contribution in [0.5, 0.6) is 5.75 Å². The van der Waals surface area contributed by atoms with Crippen molar-refractivity contribution >= 4 is 5.69 Å². The third-order valence-corrected chi connectivity index (χ3v) is 4.73. The summed E-state index contributed by atoms with van der Waals surface area (Å²) in [7, 11) is 0. The lowest BCUT2D eigenvalue weighted by Gasteiger charge is -2.33. The van der Waals surface area contributed by atoms with E-state index in [0.29, 0.717) is 6.61 Å². The highest BCUT2D eigenvalue weighted by Crippen LogP contribution is 2.42. The molecule has 2 fully saturated rings. The maximum absolute atomic E-state index is 6.33. The number of nitrogen functional groups attached to an aromatic ring is 1. The van der Waals surface area contributed by atoms with Crippen molar-refractivity contribution in [2.45, 2.75) is 63.6 Å². The monoisotopic (exact) mass is 275 g/mol. The van der Waals surface area contributed by atoms with Crippen molar-refractivity contribution in [3.63, 3.8) is 0 Å². The number of rotatable bonds is 3. The molecule has 0 radical (unpaired) electrons. The molecule has 1 heterocycles. The minimum atomic E-state index is 0.183. The fourth-order valence-corrected chi connectivity index (χ4v) is 3.59. The molecule has 110 valence electrons. The molecule has 1 aliphatic heterocycles. The van der Waals surface area contributed by atoms with E-state index >= 15 is 0 Å². The molecule has 3 heteroatoms. The second kappa shape index (κ2) is 5.65. The van der Waals surface area contributed by atoms with Gasteiger partial charge in [-0.2, -0.15) is 0 Å². The molecule has 1 unspecified atom stereocenters. The molecule has 0 aromatic heterocycles. The van der Waals surface area contributed by atoms with Gasteiger partial charge in [0.15, 0.2) is 0 Å². The molecule has 0 amide bonds. The quantitative estimate of drug-likeness (QED) is 0.852. The van der Waals surface area contributed by atoms with E-state index in [0.717, 1.165) is 23.4 Å². The minimum Gasteiger partial charge on any atom is -0.491 e. The molecule has 20 heavy (non-hydrogen) atoms. The highest BCUT2D eigenvalue weighted by Gasteiger charge is 2.40. The number of aryl methyl sites for hydroxylation is 1. The van der Waals surface area contributed by atoms with Crippen LogP contribution in [-0.2, 0) is 4.74 Å². The van der Waals surface area contributed by atoms with Crippen molar-refractivity contribution in [3.05, 3.63) is 23.8 Å². The van der Waals surface area contributed by atoms with Crippen LogP contribution in [0.25, 0.3) is 0 Å². The highest BCUT2D eigenvalue weighted by atomic mass is 16.6. The Hall–Kier alpha value is -1.22. The largest absolute Gasteiger partial charge is 0.491 e. The maximum Gasteiger partial charge on any atom is 0.122 e. The molecule has 1 aliphatic carbocycles. The Morgan fingerprint density at radius 2 is 2.05 bits per heavy atom.